The van der Waals surface area contributed by atoms with Gasteiger partial charge in [0.15, 0.2) is 0 Å². The molecule has 2 bridgehead atoms. The highest BCUT2D eigenvalue weighted by Gasteiger charge is 2.35. The maximum Gasteiger partial charge on any atom is 0.245 e. The number of benzene rings is 1. The van der Waals surface area contributed by atoms with Gasteiger partial charge < -0.3 is 0 Å². The molecule has 2 atom stereocenters. The Labute approximate surface area is 108 Å². The topological polar surface area (TPSA) is 43.9 Å². The molecule has 0 N–H and O–H groups in total. The SMILES string of the molecule is Cc1ccc(S(=O)(=O)N2CN3CCN(C3)C2)cc1. The van der Waals surface area contributed by atoms with Gasteiger partial charge in [-0.3, -0.25) is 9.80 Å². The Morgan fingerprint density at radius 3 is 2.06 bits per heavy atom. The molecule has 5 nitrogen and oxygen atoms in total. The van der Waals surface area contributed by atoms with Gasteiger partial charge in [0.1, 0.15) is 0 Å². The van der Waals surface area contributed by atoms with Crippen molar-refractivity contribution in [3.63, 3.8) is 0 Å². The van der Waals surface area contributed by atoms with Gasteiger partial charge in [0.2, 0.25) is 10.0 Å². The van der Waals surface area contributed by atoms with Crippen molar-refractivity contribution in [1.29, 1.82) is 0 Å². The van der Waals surface area contributed by atoms with Crippen molar-refractivity contribution in [2.45, 2.75) is 11.8 Å². The normalized spacial score (nSPS) is 28.5. The van der Waals surface area contributed by atoms with Crippen molar-refractivity contribution in [2.24, 2.45) is 0 Å². The van der Waals surface area contributed by atoms with Crippen LogP contribution in [0.1, 0.15) is 5.56 Å². The second-order valence-electron chi connectivity index (χ2n) is 4.98. The third-order valence-corrected chi connectivity index (χ3v) is 5.29. The summed E-state index contributed by atoms with van der Waals surface area (Å²) in [5.74, 6) is 0. The van der Waals surface area contributed by atoms with E-state index in [9.17, 15) is 8.42 Å². The fourth-order valence-electron chi connectivity index (χ4n) is 2.44. The van der Waals surface area contributed by atoms with Crippen LogP contribution < -0.4 is 0 Å². The van der Waals surface area contributed by atoms with E-state index in [2.05, 4.69) is 9.80 Å². The fourth-order valence-corrected chi connectivity index (χ4v) is 3.85. The lowest BCUT2D eigenvalue weighted by Gasteiger charge is -2.33. The van der Waals surface area contributed by atoms with Gasteiger partial charge >= 0.3 is 0 Å². The van der Waals surface area contributed by atoms with E-state index >= 15 is 0 Å². The highest BCUT2D eigenvalue weighted by atomic mass is 32.2. The minimum Gasteiger partial charge on any atom is -0.275 e. The maximum absolute atomic E-state index is 12.5. The standard InChI is InChI=1S/C12H17N3O2S/c1-11-2-4-12(5-3-11)18(16,17)15-9-13-6-7-14(8-13)10-15/h2-5H,6-10H2,1H3. The summed E-state index contributed by atoms with van der Waals surface area (Å²) in [6, 6.07) is 7.05. The molecular formula is C12H17N3O2S. The summed E-state index contributed by atoms with van der Waals surface area (Å²) in [5, 5.41) is 0. The average Bonchev–Trinajstić information content (AvgIpc) is 2.68. The quantitative estimate of drug-likeness (QED) is 0.782. The molecule has 2 saturated heterocycles. The summed E-state index contributed by atoms with van der Waals surface area (Å²) in [6.45, 7) is 5.77. The maximum atomic E-state index is 12.5. The van der Waals surface area contributed by atoms with Crippen LogP contribution in [-0.2, 0) is 10.0 Å². The first kappa shape index (κ1) is 12.1. The molecule has 1 aromatic carbocycles. The molecule has 2 aliphatic heterocycles. The van der Waals surface area contributed by atoms with E-state index in [0.29, 0.717) is 18.2 Å². The number of hydrogen-bond donors (Lipinski definition) is 0. The second kappa shape index (κ2) is 4.31. The van der Waals surface area contributed by atoms with E-state index in [1.54, 1.807) is 16.4 Å². The van der Waals surface area contributed by atoms with Crippen molar-refractivity contribution in [2.75, 3.05) is 33.1 Å². The second-order valence-corrected chi connectivity index (χ2v) is 6.92. The molecule has 3 rings (SSSR count). The van der Waals surface area contributed by atoms with Crippen LogP contribution in [0.15, 0.2) is 29.2 Å². The Bertz CT molecular complexity index is 529. The Balaban J connectivity index is 1.88. The number of fused-ring (bicyclic) bond motifs is 2. The largest absolute Gasteiger partial charge is 0.275 e. The monoisotopic (exact) mass is 267 g/mol. The third kappa shape index (κ3) is 2.05. The summed E-state index contributed by atoms with van der Waals surface area (Å²) >= 11 is 0. The lowest BCUT2D eigenvalue weighted by atomic mass is 10.2. The van der Waals surface area contributed by atoms with Gasteiger partial charge in [-0.1, -0.05) is 17.7 Å². The van der Waals surface area contributed by atoms with Gasteiger partial charge in [0, 0.05) is 13.1 Å². The summed E-state index contributed by atoms with van der Waals surface area (Å²) < 4.78 is 26.5. The molecule has 0 radical (unpaired) electrons. The molecule has 1 aromatic rings. The Morgan fingerprint density at radius 2 is 1.50 bits per heavy atom. The summed E-state index contributed by atoms with van der Waals surface area (Å²) in [5.41, 5.74) is 1.07. The van der Waals surface area contributed by atoms with Gasteiger partial charge in [0.05, 0.1) is 24.9 Å². The zero-order valence-corrected chi connectivity index (χ0v) is 11.2. The van der Waals surface area contributed by atoms with Crippen LogP contribution in [0.4, 0.5) is 0 Å². The first-order valence-corrected chi connectivity index (χ1v) is 7.51. The summed E-state index contributed by atoms with van der Waals surface area (Å²) in [6.07, 6.45) is 0. The van der Waals surface area contributed by atoms with Crippen molar-refractivity contribution < 1.29 is 8.42 Å². The lowest BCUT2D eigenvalue weighted by Crippen LogP contribution is -2.50. The van der Waals surface area contributed by atoms with Crippen LogP contribution in [0.5, 0.6) is 0 Å². The minimum atomic E-state index is -3.35. The number of hydrogen-bond acceptors (Lipinski definition) is 4. The third-order valence-electron chi connectivity index (χ3n) is 3.51. The highest BCUT2D eigenvalue weighted by molar-refractivity contribution is 7.89. The molecule has 18 heavy (non-hydrogen) atoms. The predicted molar refractivity (Wildman–Crippen MR) is 68.2 cm³/mol. The molecule has 0 aromatic heterocycles. The first-order chi connectivity index (χ1) is 8.55. The van der Waals surface area contributed by atoms with Crippen LogP contribution in [0.3, 0.4) is 0 Å². The van der Waals surface area contributed by atoms with Gasteiger partial charge in [-0.25, -0.2) is 8.42 Å². The molecule has 0 amide bonds. The van der Waals surface area contributed by atoms with Crippen molar-refractivity contribution in [3.05, 3.63) is 29.8 Å². The van der Waals surface area contributed by atoms with Crippen molar-refractivity contribution in [3.8, 4) is 0 Å². The Morgan fingerprint density at radius 1 is 0.944 bits per heavy atom. The molecular weight excluding hydrogens is 250 g/mol. The van der Waals surface area contributed by atoms with Gasteiger partial charge in [-0.2, -0.15) is 4.31 Å². The minimum absolute atomic E-state index is 0.386. The first-order valence-electron chi connectivity index (χ1n) is 6.07. The van der Waals surface area contributed by atoms with Crippen LogP contribution in [-0.4, -0.2) is 55.6 Å². The zero-order chi connectivity index (χ0) is 12.8. The molecule has 0 spiro atoms. The smallest absolute Gasteiger partial charge is 0.245 e. The van der Waals surface area contributed by atoms with E-state index in [4.69, 9.17) is 0 Å². The van der Waals surface area contributed by atoms with Crippen LogP contribution in [0, 0.1) is 6.92 Å². The number of nitrogens with zero attached hydrogens (tertiary/aromatic N) is 3. The molecule has 2 heterocycles. The van der Waals surface area contributed by atoms with E-state index in [-0.39, 0.29) is 0 Å². The average molecular weight is 267 g/mol. The number of rotatable bonds is 2. The van der Waals surface area contributed by atoms with Gasteiger partial charge in [-0.05, 0) is 19.1 Å². The fraction of sp³-hybridized carbons (Fsp3) is 0.500. The molecule has 6 heteroatoms. The van der Waals surface area contributed by atoms with Crippen LogP contribution in [0.2, 0.25) is 0 Å². The number of sulfonamides is 1. The molecule has 2 aliphatic rings. The van der Waals surface area contributed by atoms with Crippen molar-refractivity contribution in [1.82, 2.24) is 14.1 Å². The van der Waals surface area contributed by atoms with Crippen molar-refractivity contribution >= 4 is 10.0 Å². The summed E-state index contributed by atoms with van der Waals surface area (Å²) in [4.78, 5) is 4.68. The number of aryl methyl sites for hydroxylation is 1. The highest BCUT2D eigenvalue weighted by Crippen LogP contribution is 2.22. The Kier molecular flexibility index (Phi) is 2.90. The van der Waals surface area contributed by atoms with Gasteiger partial charge in [-0.15, -0.1) is 0 Å². The Hall–Kier alpha value is -0.950. The van der Waals surface area contributed by atoms with Gasteiger partial charge in [0.25, 0.3) is 0 Å². The van der Waals surface area contributed by atoms with E-state index in [0.717, 1.165) is 25.3 Å². The molecule has 98 valence electrons. The van der Waals surface area contributed by atoms with E-state index < -0.39 is 10.0 Å². The molecule has 0 aliphatic carbocycles. The van der Waals surface area contributed by atoms with E-state index in [1.807, 2.05) is 19.1 Å². The van der Waals surface area contributed by atoms with Crippen LogP contribution in [0.25, 0.3) is 0 Å². The molecule has 2 fully saturated rings. The molecule has 0 saturated carbocycles. The summed E-state index contributed by atoms with van der Waals surface area (Å²) in [7, 11) is -3.35. The molecule has 2 unspecified atom stereocenters. The lowest BCUT2D eigenvalue weighted by molar-refractivity contribution is 0.0919. The van der Waals surface area contributed by atoms with E-state index in [1.165, 1.54) is 0 Å². The predicted octanol–water partition coefficient (Wildman–Crippen LogP) is 0.489. The zero-order valence-electron chi connectivity index (χ0n) is 10.4. The van der Waals surface area contributed by atoms with Crippen LogP contribution >= 0.6 is 0 Å².